The van der Waals surface area contributed by atoms with Crippen molar-refractivity contribution in [1.29, 1.82) is 0 Å². The van der Waals surface area contributed by atoms with E-state index in [0.29, 0.717) is 10.0 Å². The molecule has 0 bridgehead atoms. The molecule has 1 aromatic heterocycles. The predicted octanol–water partition coefficient (Wildman–Crippen LogP) is 3.53. The van der Waals surface area contributed by atoms with E-state index in [1.165, 1.54) is 11.3 Å². The minimum absolute atomic E-state index is 0.0118. The first-order valence-corrected chi connectivity index (χ1v) is 9.15. The number of carbonyl (C=O) groups excluding carboxylic acids is 1. The lowest BCUT2D eigenvalue weighted by molar-refractivity contribution is -0.121. The van der Waals surface area contributed by atoms with Crippen LogP contribution >= 0.6 is 34.5 Å². The lowest BCUT2D eigenvalue weighted by Crippen LogP contribution is -2.46. The van der Waals surface area contributed by atoms with Crippen molar-refractivity contribution < 1.29 is 4.79 Å². The summed E-state index contributed by atoms with van der Waals surface area (Å²) in [5.74, 6) is 0.0118. The first-order valence-electron chi connectivity index (χ1n) is 7.52. The Hall–Kier alpha value is -1.14. The molecule has 1 aromatic carbocycles. The minimum atomic E-state index is 0.0118. The summed E-state index contributed by atoms with van der Waals surface area (Å²) in [7, 11) is 0. The van der Waals surface area contributed by atoms with E-state index in [0.717, 1.165) is 42.2 Å². The number of aromatic nitrogens is 1. The Morgan fingerprint density at radius 1 is 1.43 bits per heavy atom. The lowest BCUT2D eigenvalue weighted by Gasteiger charge is -2.23. The molecule has 1 saturated heterocycles. The fourth-order valence-corrected chi connectivity index (χ4v) is 4.01. The molecule has 2 N–H and O–H groups in total. The molecule has 1 amide bonds. The molecular weight excluding hydrogens is 353 g/mol. The van der Waals surface area contributed by atoms with Gasteiger partial charge in [0.25, 0.3) is 0 Å². The quantitative estimate of drug-likeness (QED) is 0.866. The van der Waals surface area contributed by atoms with E-state index in [1.807, 2.05) is 11.4 Å². The number of hydrogen-bond donors (Lipinski definition) is 2. The van der Waals surface area contributed by atoms with Crippen molar-refractivity contribution in [2.45, 2.75) is 25.3 Å². The molecule has 1 aliphatic heterocycles. The maximum absolute atomic E-state index is 12.1. The van der Waals surface area contributed by atoms with Crippen LogP contribution in [0.4, 0.5) is 0 Å². The van der Waals surface area contributed by atoms with Crippen molar-refractivity contribution in [2.24, 2.45) is 0 Å². The van der Waals surface area contributed by atoms with Crippen LogP contribution in [0.25, 0.3) is 10.6 Å². The zero-order valence-corrected chi connectivity index (χ0v) is 14.8. The highest BCUT2D eigenvalue weighted by molar-refractivity contribution is 7.13. The molecule has 0 spiro atoms. The molecule has 0 radical (unpaired) electrons. The van der Waals surface area contributed by atoms with Crippen molar-refractivity contribution in [3.63, 3.8) is 0 Å². The second-order valence-electron chi connectivity index (χ2n) is 5.56. The summed E-state index contributed by atoms with van der Waals surface area (Å²) in [6.07, 6.45) is 2.42. The standard InChI is InChI=1S/C16H17Cl2N3OS/c17-10-3-4-13(14(18)6-10)16-21-12(9-23-16)7-15(22)20-11-2-1-5-19-8-11/h3-4,6,9,11,19H,1-2,5,7-8H2,(H,20,22)/t11-/m0/s1. The molecular formula is C16H17Cl2N3OS. The first-order chi connectivity index (χ1) is 11.1. The molecule has 1 fully saturated rings. The summed E-state index contributed by atoms with van der Waals surface area (Å²) in [5.41, 5.74) is 1.60. The summed E-state index contributed by atoms with van der Waals surface area (Å²) in [5, 5.41) is 10.2. The third-order valence-corrected chi connectivity index (χ3v) is 5.19. The fraction of sp³-hybridized carbons (Fsp3) is 0.375. The molecule has 2 aromatic rings. The molecule has 2 heterocycles. The van der Waals surface area contributed by atoms with Crippen molar-refractivity contribution in [2.75, 3.05) is 13.1 Å². The van der Waals surface area contributed by atoms with Crippen molar-refractivity contribution in [1.82, 2.24) is 15.6 Å². The molecule has 3 rings (SSSR count). The number of benzene rings is 1. The van der Waals surface area contributed by atoms with E-state index in [9.17, 15) is 4.79 Å². The van der Waals surface area contributed by atoms with Gasteiger partial charge in [-0.15, -0.1) is 11.3 Å². The van der Waals surface area contributed by atoms with E-state index < -0.39 is 0 Å². The Morgan fingerprint density at radius 2 is 2.30 bits per heavy atom. The number of hydrogen-bond acceptors (Lipinski definition) is 4. The summed E-state index contributed by atoms with van der Waals surface area (Å²) in [4.78, 5) is 16.6. The van der Waals surface area contributed by atoms with Crippen LogP contribution in [0.5, 0.6) is 0 Å². The van der Waals surface area contributed by atoms with Gasteiger partial charge in [0.15, 0.2) is 0 Å². The van der Waals surface area contributed by atoms with Crippen LogP contribution in [-0.2, 0) is 11.2 Å². The molecule has 1 aliphatic rings. The normalized spacial score (nSPS) is 17.9. The first kappa shape index (κ1) is 16.7. The third kappa shape index (κ3) is 4.44. The average Bonchev–Trinajstić information content (AvgIpc) is 2.96. The Labute approximate surface area is 149 Å². The third-order valence-electron chi connectivity index (χ3n) is 3.72. The SMILES string of the molecule is O=C(Cc1csc(-c2ccc(Cl)cc2Cl)n1)N[C@H]1CCCNC1. The van der Waals surface area contributed by atoms with Crippen molar-refractivity contribution >= 4 is 40.4 Å². The monoisotopic (exact) mass is 369 g/mol. The van der Waals surface area contributed by atoms with Gasteiger partial charge in [-0.3, -0.25) is 4.79 Å². The molecule has 1 atom stereocenters. The molecule has 7 heteroatoms. The topological polar surface area (TPSA) is 54.0 Å². The van der Waals surface area contributed by atoms with Crippen LogP contribution in [0.1, 0.15) is 18.5 Å². The number of nitrogens with one attached hydrogen (secondary N) is 2. The highest BCUT2D eigenvalue weighted by Crippen LogP contribution is 2.32. The largest absolute Gasteiger partial charge is 0.352 e. The molecule has 4 nitrogen and oxygen atoms in total. The maximum atomic E-state index is 12.1. The minimum Gasteiger partial charge on any atom is -0.352 e. The fourth-order valence-electron chi connectivity index (χ4n) is 2.59. The van der Waals surface area contributed by atoms with Gasteiger partial charge in [0.05, 0.1) is 17.1 Å². The molecule has 23 heavy (non-hydrogen) atoms. The summed E-state index contributed by atoms with van der Waals surface area (Å²) in [6, 6.07) is 5.55. The number of piperidine rings is 1. The van der Waals surface area contributed by atoms with Crippen molar-refractivity contribution in [3.05, 3.63) is 39.3 Å². The van der Waals surface area contributed by atoms with E-state index in [4.69, 9.17) is 23.2 Å². The Kier molecular flexibility index (Phi) is 5.54. The van der Waals surface area contributed by atoms with Gasteiger partial charge in [0.2, 0.25) is 5.91 Å². The molecule has 0 unspecified atom stereocenters. The number of rotatable bonds is 4. The molecule has 0 saturated carbocycles. The van der Waals surface area contributed by atoms with Gasteiger partial charge in [0.1, 0.15) is 5.01 Å². The van der Waals surface area contributed by atoms with Gasteiger partial charge in [-0.25, -0.2) is 4.98 Å². The second-order valence-corrected chi connectivity index (χ2v) is 7.26. The number of carbonyl (C=O) groups is 1. The summed E-state index contributed by atoms with van der Waals surface area (Å²) >= 11 is 13.6. The zero-order chi connectivity index (χ0) is 16.2. The van der Waals surface area contributed by atoms with Gasteiger partial charge in [-0.2, -0.15) is 0 Å². The number of nitrogens with zero attached hydrogens (tertiary/aromatic N) is 1. The smallest absolute Gasteiger partial charge is 0.226 e. The van der Waals surface area contributed by atoms with Gasteiger partial charge in [-0.05, 0) is 37.6 Å². The highest BCUT2D eigenvalue weighted by Gasteiger charge is 2.17. The van der Waals surface area contributed by atoms with Gasteiger partial charge < -0.3 is 10.6 Å². The lowest BCUT2D eigenvalue weighted by atomic mass is 10.1. The zero-order valence-electron chi connectivity index (χ0n) is 12.4. The number of halogens is 2. The predicted molar refractivity (Wildman–Crippen MR) is 95.3 cm³/mol. The molecule has 0 aliphatic carbocycles. The van der Waals surface area contributed by atoms with E-state index in [2.05, 4.69) is 15.6 Å². The van der Waals surface area contributed by atoms with Crippen LogP contribution in [0.15, 0.2) is 23.6 Å². The van der Waals surface area contributed by atoms with Crippen LogP contribution in [0.3, 0.4) is 0 Å². The second kappa shape index (κ2) is 7.62. The van der Waals surface area contributed by atoms with Crippen LogP contribution < -0.4 is 10.6 Å². The van der Waals surface area contributed by atoms with Crippen LogP contribution in [0.2, 0.25) is 10.0 Å². The maximum Gasteiger partial charge on any atom is 0.226 e. The molecule has 122 valence electrons. The summed E-state index contributed by atoms with van der Waals surface area (Å²) < 4.78 is 0. The van der Waals surface area contributed by atoms with E-state index >= 15 is 0 Å². The van der Waals surface area contributed by atoms with Crippen LogP contribution in [-0.4, -0.2) is 30.0 Å². The van der Waals surface area contributed by atoms with E-state index in [-0.39, 0.29) is 18.4 Å². The van der Waals surface area contributed by atoms with Crippen molar-refractivity contribution in [3.8, 4) is 10.6 Å². The van der Waals surface area contributed by atoms with Gasteiger partial charge in [0, 0.05) is 28.6 Å². The highest BCUT2D eigenvalue weighted by atomic mass is 35.5. The van der Waals surface area contributed by atoms with Crippen LogP contribution in [0, 0.1) is 0 Å². The summed E-state index contributed by atoms with van der Waals surface area (Å²) in [6.45, 7) is 1.87. The van der Waals surface area contributed by atoms with E-state index in [1.54, 1.807) is 12.1 Å². The Morgan fingerprint density at radius 3 is 3.04 bits per heavy atom. The van der Waals surface area contributed by atoms with Gasteiger partial charge >= 0.3 is 0 Å². The van der Waals surface area contributed by atoms with Gasteiger partial charge in [-0.1, -0.05) is 23.2 Å². The number of amides is 1. The number of thiazole rings is 1. The average molecular weight is 370 g/mol. The Balaban J connectivity index is 1.63. The Bertz CT molecular complexity index is 698.